The number of benzene rings is 1. The minimum Gasteiger partial charge on any atom is -0.501 e. The molecular weight excluding hydrogens is 328 g/mol. The van der Waals surface area contributed by atoms with Gasteiger partial charge >= 0.3 is 0 Å². The van der Waals surface area contributed by atoms with Crippen LogP contribution >= 0.6 is 11.6 Å². The van der Waals surface area contributed by atoms with Gasteiger partial charge in [0.2, 0.25) is 5.91 Å². The summed E-state index contributed by atoms with van der Waals surface area (Å²) in [5.41, 5.74) is 1.57. The Balaban J connectivity index is 1.53. The molecule has 0 radical (unpaired) electrons. The van der Waals surface area contributed by atoms with Crippen molar-refractivity contribution in [3.8, 4) is 0 Å². The summed E-state index contributed by atoms with van der Waals surface area (Å²) in [4.78, 5) is 28.5. The first-order chi connectivity index (χ1) is 11.6. The smallest absolute Gasteiger partial charge is 0.252 e. The standard InChI is InChI=1S/C18H21ClN2O3/c19-16-6-2-1-4-14(16)12-17(22)20-7-9-21(10-8-20)18(23)15-5-3-11-24-13-15/h1-2,4,6,13H,3,5,7-12H2. The van der Waals surface area contributed by atoms with Crippen molar-refractivity contribution in [1.29, 1.82) is 0 Å². The van der Waals surface area contributed by atoms with Gasteiger partial charge in [0.1, 0.15) is 0 Å². The van der Waals surface area contributed by atoms with Crippen molar-refractivity contribution in [2.75, 3.05) is 32.8 Å². The molecular formula is C18H21ClN2O3. The minimum absolute atomic E-state index is 0.0351. The Morgan fingerprint density at radius 1 is 1.08 bits per heavy atom. The van der Waals surface area contributed by atoms with E-state index >= 15 is 0 Å². The van der Waals surface area contributed by atoms with Crippen LogP contribution in [0.15, 0.2) is 36.1 Å². The SMILES string of the molecule is O=C(Cc1ccccc1Cl)N1CCN(C(=O)C2=COCCC2)CC1. The second kappa shape index (κ2) is 7.71. The largest absolute Gasteiger partial charge is 0.501 e. The van der Waals surface area contributed by atoms with Gasteiger partial charge in [-0.25, -0.2) is 0 Å². The van der Waals surface area contributed by atoms with Crippen LogP contribution in [-0.4, -0.2) is 54.4 Å². The molecule has 5 nitrogen and oxygen atoms in total. The van der Waals surface area contributed by atoms with Crippen molar-refractivity contribution in [2.45, 2.75) is 19.3 Å². The van der Waals surface area contributed by atoms with Crippen LogP contribution in [0.2, 0.25) is 5.02 Å². The van der Waals surface area contributed by atoms with E-state index in [9.17, 15) is 9.59 Å². The van der Waals surface area contributed by atoms with Gasteiger partial charge in [0.05, 0.1) is 24.9 Å². The summed E-state index contributed by atoms with van der Waals surface area (Å²) in [5, 5.41) is 0.615. The van der Waals surface area contributed by atoms with E-state index in [4.69, 9.17) is 16.3 Å². The van der Waals surface area contributed by atoms with Gasteiger partial charge in [0.15, 0.2) is 0 Å². The molecule has 24 heavy (non-hydrogen) atoms. The first kappa shape index (κ1) is 16.8. The van der Waals surface area contributed by atoms with Gasteiger partial charge in [-0.1, -0.05) is 29.8 Å². The lowest BCUT2D eigenvalue weighted by Crippen LogP contribution is -2.51. The zero-order chi connectivity index (χ0) is 16.9. The van der Waals surface area contributed by atoms with E-state index in [1.54, 1.807) is 22.1 Å². The monoisotopic (exact) mass is 348 g/mol. The van der Waals surface area contributed by atoms with Crippen LogP contribution in [0.1, 0.15) is 18.4 Å². The van der Waals surface area contributed by atoms with Crippen LogP contribution in [0.3, 0.4) is 0 Å². The number of carbonyl (C=O) groups is 2. The molecule has 128 valence electrons. The lowest BCUT2D eigenvalue weighted by atomic mass is 10.1. The first-order valence-corrected chi connectivity index (χ1v) is 8.64. The summed E-state index contributed by atoms with van der Waals surface area (Å²) >= 11 is 6.12. The van der Waals surface area contributed by atoms with Crippen LogP contribution in [-0.2, 0) is 20.7 Å². The molecule has 3 rings (SSSR count). The normalized spacial score (nSPS) is 18.0. The van der Waals surface area contributed by atoms with Crippen molar-refractivity contribution in [1.82, 2.24) is 9.80 Å². The third-order valence-corrected chi connectivity index (χ3v) is 4.80. The Kier molecular flexibility index (Phi) is 5.41. The third kappa shape index (κ3) is 3.90. The van der Waals surface area contributed by atoms with Crippen LogP contribution in [0, 0.1) is 0 Å². The zero-order valence-electron chi connectivity index (χ0n) is 13.5. The molecule has 1 fully saturated rings. The van der Waals surface area contributed by atoms with Gasteiger partial charge in [-0.2, -0.15) is 0 Å². The summed E-state index contributed by atoms with van der Waals surface area (Å²) in [5.74, 6) is 0.0864. The highest BCUT2D eigenvalue weighted by atomic mass is 35.5. The van der Waals surface area contributed by atoms with Gasteiger partial charge in [0, 0.05) is 31.2 Å². The lowest BCUT2D eigenvalue weighted by Gasteiger charge is -2.35. The van der Waals surface area contributed by atoms with Crippen molar-refractivity contribution < 1.29 is 14.3 Å². The highest BCUT2D eigenvalue weighted by molar-refractivity contribution is 6.31. The summed E-state index contributed by atoms with van der Waals surface area (Å²) < 4.78 is 5.24. The van der Waals surface area contributed by atoms with E-state index in [2.05, 4.69) is 0 Å². The fourth-order valence-corrected chi connectivity index (χ4v) is 3.20. The van der Waals surface area contributed by atoms with Crippen molar-refractivity contribution in [2.24, 2.45) is 0 Å². The molecule has 2 aliphatic heterocycles. The van der Waals surface area contributed by atoms with E-state index in [-0.39, 0.29) is 11.8 Å². The number of nitrogens with zero attached hydrogens (tertiary/aromatic N) is 2. The van der Waals surface area contributed by atoms with E-state index in [1.807, 2.05) is 18.2 Å². The average Bonchev–Trinajstić information content (AvgIpc) is 2.64. The maximum absolute atomic E-state index is 12.4. The average molecular weight is 349 g/mol. The Bertz CT molecular complexity index is 651. The molecule has 1 aromatic rings. The molecule has 0 saturated carbocycles. The van der Waals surface area contributed by atoms with Crippen LogP contribution in [0.25, 0.3) is 0 Å². The summed E-state index contributed by atoms with van der Waals surface area (Å²) in [6.45, 7) is 2.92. The quantitative estimate of drug-likeness (QED) is 0.841. The molecule has 1 saturated heterocycles. The zero-order valence-corrected chi connectivity index (χ0v) is 14.3. The number of hydrogen-bond acceptors (Lipinski definition) is 3. The molecule has 0 spiro atoms. The maximum atomic E-state index is 12.4. The van der Waals surface area contributed by atoms with Gasteiger partial charge < -0.3 is 14.5 Å². The van der Waals surface area contributed by atoms with Crippen LogP contribution in [0.4, 0.5) is 0 Å². The molecule has 0 aromatic heterocycles. The van der Waals surface area contributed by atoms with Crippen molar-refractivity contribution in [3.05, 3.63) is 46.7 Å². The molecule has 0 aliphatic carbocycles. The summed E-state index contributed by atoms with van der Waals surface area (Å²) in [6.07, 6.45) is 3.53. The third-order valence-electron chi connectivity index (χ3n) is 4.43. The molecule has 0 unspecified atom stereocenters. The van der Waals surface area contributed by atoms with E-state index in [0.717, 1.165) is 24.0 Å². The highest BCUT2D eigenvalue weighted by Crippen LogP contribution is 2.18. The number of amides is 2. The minimum atomic E-state index is 0.0351. The second-order valence-corrected chi connectivity index (χ2v) is 6.47. The number of rotatable bonds is 3. The lowest BCUT2D eigenvalue weighted by molar-refractivity contribution is -0.137. The van der Waals surface area contributed by atoms with Crippen molar-refractivity contribution >= 4 is 23.4 Å². The maximum Gasteiger partial charge on any atom is 0.252 e. The molecule has 1 aromatic carbocycles. The summed E-state index contributed by atoms with van der Waals surface area (Å²) in [6, 6.07) is 7.39. The van der Waals surface area contributed by atoms with Crippen LogP contribution < -0.4 is 0 Å². The second-order valence-electron chi connectivity index (χ2n) is 6.06. The van der Waals surface area contributed by atoms with Crippen LogP contribution in [0.5, 0.6) is 0 Å². The number of carbonyl (C=O) groups excluding carboxylic acids is 2. The van der Waals surface area contributed by atoms with Gasteiger partial charge in [-0.15, -0.1) is 0 Å². The Morgan fingerprint density at radius 3 is 2.46 bits per heavy atom. The fourth-order valence-electron chi connectivity index (χ4n) is 3.00. The Labute approximate surface area is 146 Å². The number of ether oxygens (including phenoxy) is 1. The molecule has 0 atom stereocenters. The predicted molar refractivity (Wildman–Crippen MR) is 91.6 cm³/mol. The molecule has 2 heterocycles. The Hall–Kier alpha value is -2.01. The Morgan fingerprint density at radius 2 is 1.79 bits per heavy atom. The molecule has 0 N–H and O–H groups in total. The molecule has 0 bridgehead atoms. The molecule has 6 heteroatoms. The van der Waals surface area contributed by atoms with Crippen molar-refractivity contribution in [3.63, 3.8) is 0 Å². The van der Waals surface area contributed by atoms with E-state index in [1.165, 1.54) is 0 Å². The topological polar surface area (TPSA) is 49.9 Å². The molecule has 2 amide bonds. The van der Waals surface area contributed by atoms with Gasteiger partial charge in [-0.05, 0) is 24.5 Å². The summed E-state index contributed by atoms with van der Waals surface area (Å²) in [7, 11) is 0. The van der Waals surface area contributed by atoms with E-state index in [0.29, 0.717) is 44.2 Å². The first-order valence-electron chi connectivity index (χ1n) is 8.26. The predicted octanol–water partition coefficient (Wildman–Crippen LogP) is 2.25. The highest BCUT2D eigenvalue weighted by Gasteiger charge is 2.26. The number of halogens is 1. The van der Waals surface area contributed by atoms with Gasteiger partial charge in [0.25, 0.3) is 5.91 Å². The fraction of sp³-hybridized carbons (Fsp3) is 0.444. The van der Waals surface area contributed by atoms with E-state index < -0.39 is 0 Å². The number of hydrogen-bond donors (Lipinski definition) is 0. The molecule has 2 aliphatic rings. The number of piperazine rings is 1. The van der Waals surface area contributed by atoms with Gasteiger partial charge in [-0.3, -0.25) is 9.59 Å².